The fraction of sp³-hybridized carbons (Fsp3) is 0.800. The van der Waals surface area contributed by atoms with Crippen molar-refractivity contribution in [3.8, 4) is 0 Å². The first kappa shape index (κ1) is 6.35. The third-order valence-electron chi connectivity index (χ3n) is 0.600. The van der Waals surface area contributed by atoms with Gasteiger partial charge in [0.2, 0.25) is 0 Å². The minimum atomic E-state index is 0.997. The zero-order chi connectivity index (χ0) is 4.83. The lowest BCUT2D eigenvalue weighted by Gasteiger charge is -1.85. The lowest BCUT2D eigenvalue weighted by Crippen LogP contribution is -1.70. The number of thioether (sulfide) groups is 1. The Bertz CT molecular complexity index is 15.9. The van der Waals surface area contributed by atoms with Crippen molar-refractivity contribution >= 4 is 11.8 Å². The van der Waals surface area contributed by atoms with E-state index in [1.807, 2.05) is 0 Å². The van der Waals surface area contributed by atoms with Crippen molar-refractivity contribution in [2.45, 2.75) is 19.8 Å². The molecule has 1 heteroatoms. The fourth-order valence-electron chi connectivity index (χ4n) is 0.217. The second kappa shape index (κ2) is 5.35. The van der Waals surface area contributed by atoms with Gasteiger partial charge in [0.25, 0.3) is 0 Å². The molecule has 35 valence electrons. The predicted molar refractivity (Wildman–Crippen MR) is 30.6 cm³/mol. The Labute approximate surface area is 44.3 Å². The highest BCUT2D eigenvalue weighted by Crippen LogP contribution is 1.98. The Balaban J connectivity index is 2.34. The maximum absolute atomic E-state index is 6.62. The Morgan fingerprint density at radius 3 is 2.50 bits per heavy atom. The van der Waals surface area contributed by atoms with Gasteiger partial charge in [0.1, 0.15) is 0 Å². The maximum atomic E-state index is 6.62. The van der Waals surface area contributed by atoms with Crippen LogP contribution < -0.4 is 0 Å². The Hall–Kier alpha value is 0.350. The van der Waals surface area contributed by atoms with Gasteiger partial charge in [0.05, 0.1) is 6.26 Å². The van der Waals surface area contributed by atoms with Gasteiger partial charge in [-0.05, 0) is 12.2 Å². The van der Waals surface area contributed by atoms with Gasteiger partial charge in [-0.1, -0.05) is 13.3 Å². The molecule has 6 heavy (non-hydrogen) atoms. The number of hydrogen-bond donors (Lipinski definition) is 0. The topological polar surface area (TPSA) is 0 Å². The van der Waals surface area contributed by atoms with Crippen LogP contribution in [0, 0.1) is 6.26 Å². The molecule has 0 aromatic rings. The summed E-state index contributed by atoms with van der Waals surface area (Å²) in [5.74, 6) is 0.997. The van der Waals surface area contributed by atoms with Crippen LogP contribution >= 0.6 is 11.8 Å². The van der Waals surface area contributed by atoms with E-state index in [1.54, 1.807) is 0 Å². The van der Waals surface area contributed by atoms with Crippen molar-refractivity contribution in [1.82, 2.24) is 0 Å². The summed E-state index contributed by atoms with van der Waals surface area (Å²) in [5, 5.41) is 0. The molecule has 0 unspecified atom stereocenters. The molecule has 0 aliphatic carbocycles. The van der Waals surface area contributed by atoms with Crippen molar-refractivity contribution in [1.29, 1.82) is 0 Å². The van der Waals surface area contributed by atoms with Crippen LogP contribution in [0.3, 0.4) is 0 Å². The van der Waals surface area contributed by atoms with E-state index in [9.17, 15) is 0 Å². The highest BCUT2D eigenvalue weighted by atomic mass is 32.2. The molecule has 0 nitrogen and oxygen atoms in total. The molecule has 0 saturated carbocycles. The van der Waals surface area contributed by atoms with E-state index in [1.165, 1.54) is 24.6 Å². The summed E-state index contributed by atoms with van der Waals surface area (Å²) in [7, 11) is 0. The van der Waals surface area contributed by atoms with Crippen LogP contribution in [-0.4, -0.2) is 5.75 Å². The van der Waals surface area contributed by atoms with Crippen LogP contribution in [0.4, 0.5) is 0 Å². The van der Waals surface area contributed by atoms with Crippen LogP contribution in [0.1, 0.15) is 19.8 Å². The molecule has 0 N–H and O–H groups in total. The highest BCUT2D eigenvalue weighted by molar-refractivity contribution is 8.00. The van der Waals surface area contributed by atoms with Crippen LogP contribution in [0.25, 0.3) is 0 Å². The standard InChI is InChI=1S/C5H9S/c1-3-4-5-6-2/h3-5H2,1H3. The first-order valence-electron chi connectivity index (χ1n) is 2.20. The maximum Gasteiger partial charge on any atom is 0.0686 e. The first-order chi connectivity index (χ1) is 2.91. The van der Waals surface area contributed by atoms with Gasteiger partial charge in [-0.2, -0.15) is 11.8 Å². The molecule has 0 heterocycles. The molecule has 0 bridgehead atoms. The molecule has 0 rings (SSSR count). The van der Waals surface area contributed by atoms with E-state index >= 15 is 0 Å². The molecular weight excluding hydrogens is 92.1 g/mol. The summed E-state index contributed by atoms with van der Waals surface area (Å²) in [5.41, 5.74) is 0. The molecule has 0 aliphatic rings. The van der Waals surface area contributed by atoms with Gasteiger partial charge < -0.3 is 0 Å². The van der Waals surface area contributed by atoms with E-state index in [2.05, 4.69) is 6.92 Å². The Morgan fingerprint density at radius 2 is 2.33 bits per heavy atom. The second-order valence-corrected chi connectivity index (χ2v) is 1.90. The summed E-state index contributed by atoms with van der Waals surface area (Å²) in [6.07, 6.45) is 9.03. The van der Waals surface area contributed by atoms with Gasteiger partial charge in [-0.3, -0.25) is 0 Å². The van der Waals surface area contributed by atoms with Gasteiger partial charge in [-0.15, -0.1) is 0 Å². The molecule has 0 spiro atoms. The van der Waals surface area contributed by atoms with Gasteiger partial charge >= 0.3 is 0 Å². The third kappa shape index (κ3) is 4.35. The molecule has 0 fully saturated rings. The van der Waals surface area contributed by atoms with E-state index in [4.69, 9.17) is 6.26 Å². The average molecular weight is 101 g/mol. The molecule has 0 atom stereocenters. The SMILES string of the molecule is [C]SCCCC. The van der Waals surface area contributed by atoms with Crippen molar-refractivity contribution in [2.75, 3.05) is 5.75 Å². The predicted octanol–water partition coefficient (Wildman–Crippen LogP) is 2.07. The van der Waals surface area contributed by atoms with E-state index in [-0.39, 0.29) is 0 Å². The van der Waals surface area contributed by atoms with Crippen molar-refractivity contribution in [2.24, 2.45) is 0 Å². The van der Waals surface area contributed by atoms with Gasteiger partial charge in [-0.25, -0.2) is 0 Å². The molecule has 0 aromatic carbocycles. The Kier molecular flexibility index (Phi) is 5.66. The summed E-state index contributed by atoms with van der Waals surface area (Å²) in [6.45, 7) is 2.14. The van der Waals surface area contributed by atoms with E-state index in [0.29, 0.717) is 0 Å². The average Bonchev–Trinajstić information content (AvgIpc) is 1.61. The second-order valence-electron chi connectivity index (χ2n) is 1.20. The number of rotatable bonds is 3. The van der Waals surface area contributed by atoms with Gasteiger partial charge in [0, 0.05) is 0 Å². The number of unbranched alkanes of at least 4 members (excludes halogenated alkanes) is 1. The quantitative estimate of drug-likeness (QED) is 0.490. The van der Waals surface area contributed by atoms with Crippen LogP contribution in [0.2, 0.25) is 0 Å². The smallest absolute Gasteiger partial charge is 0.0686 e. The van der Waals surface area contributed by atoms with Crippen molar-refractivity contribution in [3.05, 3.63) is 6.26 Å². The fourth-order valence-corrected chi connectivity index (χ4v) is 0.650. The summed E-state index contributed by atoms with van der Waals surface area (Å²) in [4.78, 5) is 0. The van der Waals surface area contributed by atoms with Crippen molar-refractivity contribution in [3.63, 3.8) is 0 Å². The minimum Gasteiger partial charge on any atom is -0.150 e. The largest absolute Gasteiger partial charge is 0.150 e. The monoisotopic (exact) mass is 101 g/mol. The van der Waals surface area contributed by atoms with E-state index in [0.717, 1.165) is 5.75 Å². The molecule has 0 aromatic heterocycles. The minimum absolute atomic E-state index is 0.997. The van der Waals surface area contributed by atoms with Gasteiger partial charge in [0.15, 0.2) is 0 Å². The highest BCUT2D eigenvalue weighted by Gasteiger charge is 1.76. The zero-order valence-corrected chi connectivity index (χ0v) is 4.85. The molecule has 0 saturated heterocycles. The third-order valence-corrected chi connectivity index (χ3v) is 1.09. The first-order valence-corrected chi connectivity index (χ1v) is 3.19. The summed E-state index contributed by atoms with van der Waals surface area (Å²) >= 11 is 1.18. The summed E-state index contributed by atoms with van der Waals surface area (Å²) < 4.78 is 0. The normalized spacial score (nSPS) is 9.00. The lowest BCUT2D eigenvalue weighted by atomic mass is 10.4. The molecule has 3 radical (unpaired) electrons. The molecular formula is C5H9S. The zero-order valence-electron chi connectivity index (χ0n) is 4.03. The summed E-state index contributed by atoms with van der Waals surface area (Å²) in [6, 6.07) is 0. The van der Waals surface area contributed by atoms with Crippen LogP contribution in [-0.2, 0) is 0 Å². The van der Waals surface area contributed by atoms with Crippen LogP contribution in [0.15, 0.2) is 0 Å². The van der Waals surface area contributed by atoms with Crippen molar-refractivity contribution < 1.29 is 0 Å². The molecule has 0 aliphatic heterocycles. The number of hydrogen-bond acceptors (Lipinski definition) is 1. The Morgan fingerprint density at radius 1 is 1.67 bits per heavy atom. The molecule has 0 amide bonds. The lowest BCUT2D eigenvalue weighted by molar-refractivity contribution is 0.898. The van der Waals surface area contributed by atoms with E-state index < -0.39 is 0 Å². The van der Waals surface area contributed by atoms with Crippen LogP contribution in [0.5, 0.6) is 0 Å².